The summed E-state index contributed by atoms with van der Waals surface area (Å²) >= 11 is 16.5. The average Bonchev–Trinajstić information content (AvgIpc) is 1.55. The van der Waals surface area contributed by atoms with E-state index in [1.165, 1.54) is 244 Å². The lowest BCUT2D eigenvalue weighted by molar-refractivity contribution is 0.705. The van der Waals surface area contributed by atoms with E-state index in [1.807, 2.05) is 11.9 Å². The Kier molecular flexibility index (Phi) is 34.7. The van der Waals surface area contributed by atoms with E-state index in [4.69, 9.17) is 29.9 Å². The molecule has 16 heteroatoms. The standard InChI is InChI=1S/C80H114N8S8/c1-9-17-25-37-49-89-63-57-62-64(68(91-51-39-27-19-11-3)67(63)90-50-38-26-18-10-2)76-83-75(62)87-80-61-48-36-35-47-60(61)79(88(80)96-56-44-32-24-16-8)86-74-59-46-34-33-45-58(59)73(81-74)82-77-65-66(78(84-76)85-77)70(93-53-41-29-21-13-5)72(95-55-43-31-23-15-7)71(94-54-42-30-22-14-6)69(65)92-52-40-28-20-12-4/h33-36,45-48,57H,9-32,37-44,49-56H2,1-8H3,(H,81,82,83,84,85,86,87). The first-order chi connectivity index (χ1) is 47.4. The van der Waals surface area contributed by atoms with Gasteiger partial charge in [-0.25, -0.2) is 29.9 Å². The maximum Gasteiger partial charge on any atom is 0.165 e. The molecule has 4 aromatic carbocycles. The number of thioether (sulfide) groups is 7. The predicted octanol–water partition coefficient (Wildman–Crippen LogP) is 28.1. The molecule has 96 heavy (non-hydrogen) atoms. The van der Waals surface area contributed by atoms with E-state index in [1.54, 1.807) is 0 Å². The zero-order valence-electron chi connectivity index (χ0n) is 59.9. The fourth-order valence-corrected chi connectivity index (χ4v) is 23.1. The lowest BCUT2D eigenvalue weighted by Crippen LogP contribution is -1.97. The predicted molar refractivity (Wildman–Crippen MR) is 436 cm³/mol. The molecule has 0 saturated heterocycles. The minimum Gasteiger partial charge on any atom is -0.324 e. The van der Waals surface area contributed by atoms with Crippen LogP contribution in [0.1, 0.15) is 261 Å². The Balaban J connectivity index is 1.48. The van der Waals surface area contributed by atoms with Gasteiger partial charge in [-0.3, -0.25) is 3.97 Å². The van der Waals surface area contributed by atoms with Crippen LogP contribution in [-0.2, 0) is 0 Å². The number of rotatable bonds is 48. The number of fused-ring (bicyclic) bond motifs is 20. The molecule has 1 N–H and O–H groups in total. The Morgan fingerprint density at radius 1 is 0.302 bits per heavy atom. The third-order valence-corrected chi connectivity index (χ3v) is 28.1. The molecule has 0 aliphatic carbocycles. The molecule has 0 spiro atoms. The van der Waals surface area contributed by atoms with E-state index in [9.17, 15) is 0 Å². The minimum absolute atomic E-state index is 0.680. The van der Waals surface area contributed by atoms with Gasteiger partial charge in [-0.05, 0) is 110 Å². The lowest BCUT2D eigenvalue weighted by Gasteiger charge is -2.20. The van der Waals surface area contributed by atoms with Gasteiger partial charge in [-0.1, -0.05) is 258 Å². The molecular weight excluding hydrogens is 1330 g/mol. The van der Waals surface area contributed by atoms with Gasteiger partial charge in [0.25, 0.3) is 0 Å². The maximum absolute atomic E-state index is 6.22. The highest BCUT2D eigenvalue weighted by Crippen LogP contribution is 2.54. The monoisotopic (exact) mass is 1440 g/mol. The summed E-state index contributed by atoms with van der Waals surface area (Å²) < 4.78 is 2.34. The second-order valence-corrected chi connectivity index (χ2v) is 34.9. The van der Waals surface area contributed by atoms with E-state index < -0.39 is 0 Å². The van der Waals surface area contributed by atoms with Gasteiger partial charge < -0.3 is 4.98 Å². The molecule has 7 aromatic rings. The van der Waals surface area contributed by atoms with Crippen LogP contribution in [-0.4, -0.2) is 84.9 Å². The van der Waals surface area contributed by atoms with Crippen LogP contribution in [0.5, 0.6) is 0 Å². The maximum atomic E-state index is 6.22. The molecule has 0 unspecified atom stereocenters. The van der Waals surface area contributed by atoms with Crippen molar-refractivity contribution in [2.75, 3.05) is 46.0 Å². The summed E-state index contributed by atoms with van der Waals surface area (Å²) in [6.07, 6.45) is 39.2. The number of H-pyrrole nitrogens is 1. The van der Waals surface area contributed by atoms with Gasteiger partial charge in [0.15, 0.2) is 34.6 Å². The Hall–Kier alpha value is -2.96. The van der Waals surface area contributed by atoms with Crippen LogP contribution < -0.4 is 0 Å². The van der Waals surface area contributed by atoms with E-state index in [-0.39, 0.29) is 0 Å². The summed E-state index contributed by atoms with van der Waals surface area (Å²) in [5.41, 5.74) is 7.63. The van der Waals surface area contributed by atoms with Crippen molar-refractivity contribution in [3.63, 3.8) is 0 Å². The van der Waals surface area contributed by atoms with Crippen LogP contribution >= 0.6 is 94.3 Å². The molecule has 2 aliphatic heterocycles. The van der Waals surface area contributed by atoms with E-state index in [0.29, 0.717) is 11.6 Å². The molecule has 0 fully saturated rings. The fourth-order valence-electron chi connectivity index (χ4n) is 12.7. The molecule has 8 nitrogen and oxygen atoms in total. The summed E-state index contributed by atoms with van der Waals surface area (Å²) in [4.78, 5) is 49.5. The normalized spacial score (nSPS) is 12.1. The van der Waals surface area contributed by atoms with Gasteiger partial charge in [0, 0.05) is 83.8 Å². The molecule has 0 saturated carbocycles. The van der Waals surface area contributed by atoms with Crippen molar-refractivity contribution in [3.8, 4) is 45.6 Å². The van der Waals surface area contributed by atoms with Crippen LogP contribution in [0.2, 0.25) is 0 Å². The topological polar surface area (TPSA) is 98.1 Å². The van der Waals surface area contributed by atoms with Crippen LogP contribution in [0, 0.1) is 0 Å². The number of unbranched alkanes of at least 4 members (excludes halogenated alkanes) is 24. The molecule has 2 aliphatic rings. The highest BCUT2D eigenvalue weighted by molar-refractivity contribution is 8.05. The Morgan fingerprint density at radius 2 is 0.635 bits per heavy atom. The molecule has 8 bridgehead atoms. The second kappa shape index (κ2) is 43.1. The second-order valence-electron chi connectivity index (χ2n) is 26.1. The number of nitrogens with one attached hydrogen (secondary N) is 1. The van der Waals surface area contributed by atoms with Crippen LogP contribution in [0.4, 0.5) is 0 Å². The van der Waals surface area contributed by atoms with Gasteiger partial charge in [0.1, 0.15) is 11.3 Å². The number of aromatic nitrogens is 8. The molecular formula is C80H114N8S8. The fraction of sp³-hybridized carbons (Fsp3) is 0.600. The SMILES string of the molecule is CCCCCCSc1cc2c(c(SCCCCCC)c1SCCCCCC)-c1nc-2nc2c3ccccc3c(nc3nc(nc4[nH]c(n1)c1c(SCCCCCC)c(SCCCCCC)c(SCCCCCC)c(SCCCCCC)c41)-c1ccccc1-3)n2SCCCCCC. The van der Waals surface area contributed by atoms with Crippen LogP contribution in [0.25, 0.3) is 89.7 Å². The molecule has 522 valence electrons. The van der Waals surface area contributed by atoms with Crippen molar-refractivity contribution in [2.24, 2.45) is 0 Å². The average molecular weight is 1440 g/mol. The summed E-state index contributed by atoms with van der Waals surface area (Å²) in [6.45, 7) is 18.6. The third kappa shape index (κ3) is 21.1. The van der Waals surface area contributed by atoms with Crippen molar-refractivity contribution in [1.82, 2.24) is 38.9 Å². The Morgan fingerprint density at radius 3 is 1.06 bits per heavy atom. The van der Waals surface area contributed by atoms with Gasteiger partial charge >= 0.3 is 0 Å². The Labute approximate surface area is 613 Å². The first-order valence-electron chi connectivity index (χ1n) is 37.9. The summed E-state index contributed by atoms with van der Waals surface area (Å²) in [6, 6.07) is 20.0. The molecule has 3 aromatic heterocycles. The van der Waals surface area contributed by atoms with Crippen LogP contribution in [0.3, 0.4) is 0 Å². The van der Waals surface area contributed by atoms with E-state index in [2.05, 4.69) is 201 Å². The number of nitrogens with zero attached hydrogens (tertiary/aromatic N) is 7. The minimum atomic E-state index is 0.680. The van der Waals surface area contributed by atoms with Crippen molar-refractivity contribution in [1.29, 1.82) is 0 Å². The smallest absolute Gasteiger partial charge is 0.165 e. The van der Waals surface area contributed by atoms with Crippen molar-refractivity contribution < 1.29 is 0 Å². The first-order valence-corrected chi connectivity index (χ1v) is 45.8. The summed E-state index contributed by atoms with van der Waals surface area (Å²) in [5, 5.41) is 4.50. The third-order valence-electron chi connectivity index (χ3n) is 18.1. The molecule has 0 atom stereocenters. The van der Waals surface area contributed by atoms with Gasteiger partial charge in [-0.15, -0.1) is 82.3 Å². The Bertz CT molecular complexity index is 3690. The quantitative estimate of drug-likeness (QED) is 0.0289. The van der Waals surface area contributed by atoms with Crippen molar-refractivity contribution in [2.45, 2.75) is 295 Å². The van der Waals surface area contributed by atoms with Gasteiger partial charge in [0.05, 0.1) is 0 Å². The molecule has 0 radical (unpaired) electrons. The summed E-state index contributed by atoms with van der Waals surface area (Å²) in [7, 11) is 0. The number of benzene rings is 4. The van der Waals surface area contributed by atoms with Gasteiger partial charge in [0.2, 0.25) is 0 Å². The lowest BCUT2D eigenvalue weighted by atomic mass is 10.1. The molecule has 0 amide bonds. The van der Waals surface area contributed by atoms with Crippen molar-refractivity contribution in [3.05, 3.63) is 54.6 Å². The largest absolute Gasteiger partial charge is 0.324 e. The first kappa shape index (κ1) is 77.2. The molecule has 9 rings (SSSR count). The highest BCUT2D eigenvalue weighted by Gasteiger charge is 2.32. The molecule has 5 heterocycles. The number of aromatic amines is 1. The zero-order valence-corrected chi connectivity index (χ0v) is 66.4. The van der Waals surface area contributed by atoms with E-state index >= 15 is 0 Å². The number of hydrogen-bond acceptors (Lipinski definition) is 14. The zero-order chi connectivity index (χ0) is 67.1. The highest BCUT2D eigenvalue weighted by atomic mass is 32.2. The summed E-state index contributed by atoms with van der Waals surface area (Å²) in [5.74, 6) is 11.3. The van der Waals surface area contributed by atoms with E-state index in [0.717, 1.165) is 120 Å². The number of hydrogen-bond donors (Lipinski definition) is 1. The van der Waals surface area contributed by atoms with Gasteiger partial charge in [-0.2, -0.15) is 0 Å². The van der Waals surface area contributed by atoms with Crippen molar-refractivity contribution >= 4 is 138 Å². The van der Waals surface area contributed by atoms with Crippen LogP contribution in [0.15, 0.2) is 88.9 Å².